The molecule has 2 N–H and O–H groups in total. The molecule has 12 heteroatoms. The summed E-state index contributed by atoms with van der Waals surface area (Å²) in [5, 5.41) is 12.1. The number of aromatic hydroxyl groups is 1. The predicted molar refractivity (Wildman–Crippen MR) is 136 cm³/mol. The second-order valence-corrected chi connectivity index (χ2v) is 11.2. The van der Waals surface area contributed by atoms with Crippen molar-refractivity contribution < 1.29 is 37.4 Å². The number of carbonyl (C=O) groups is 3. The third kappa shape index (κ3) is 6.25. The van der Waals surface area contributed by atoms with Crippen molar-refractivity contribution >= 4 is 28.0 Å². The number of carbonyl (C=O) groups excluding carboxylic acids is 3. The van der Waals surface area contributed by atoms with E-state index in [9.17, 15) is 27.9 Å². The molecular formula is C26H31N3O8S. The van der Waals surface area contributed by atoms with Gasteiger partial charge in [0.25, 0.3) is 0 Å². The molecule has 0 spiro atoms. The highest BCUT2D eigenvalue weighted by molar-refractivity contribution is 7.89. The number of likely N-dealkylation sites (tertiary alicyclic amines) is 1. The Balaban J connectivity index is 1.42. The van der Waals surface area contributed by atoms with E-state index in [1.165, 1.54) is 31.4 Å². The summed E-state index contributed by atoms with van der Waals surface area (Å²) in [6, 6.07) is 9.65. The van der Waals surface area contributed by atoms with Gasteiger partial charge in [0.2, 0.25) is 15.9 Å². The first kappa shape index (κ1) is 27.4. The molecule has 11 nitrogen and oxygen atoms in total. The number of hydrogen-bond acceptors (Lipinski definition) is 8. The van der Waals surface area contributed by atoms with Gasteiger partial charge in [0.15, 0.2) is 0 Å². The molecule has 204 valence electrons. The van der Waals surface area contributed by atoms with Crippen LogP contribution in [0.3, 0.4) is 0 Å². The molecule has 0 bridgehead atoms. The highest BCUT2D eigenvalue weighted by atomic mass is 32.2. The highest BCUT2D eigenvalue weighted by Crippen LogP contribution is 2.27. The van der Waals surface area contributed by atoms with Crippen LogP contribution in [0.15, 0.2) is 53.4 Å². The van der Waals surface area contributed by atoms with E-state index in [1.54, 1.807) is 29.2 Å². The number of nitrogens with one attached hydrogen (secondary N) is 1. The lowest BCUT2D eigenvalue weighted by Gasteiger charge is -2.25. The fourth-order valence-electron chi connectivity index (χ4n) is 4.64. The number of methoxy groups -OCH3 is 1. The van der Waals surface area contributed by atoms with Crippen molar-refractivity contribution in [1.29, 1.82) is 0 Å². The van der Waals surface area contributed by atoms with Gasteiger partial charge in [-0.25, -0.2) is 18.0 Å². The number of phenolic OH excluding ortho intramolecular Hbond substituents is 1. The Labute approximate surface area is 221 Å². The first-order chi connectivity index (χ1) is 18.2. The average molecular weight is 546 g/mol. The van der Waals surface area contributed by atoms with E-state index in [1.807, 2.05) is 0 Å². The van der Waals surface area contributed by atoms with Gasteiger partial charge in [-0.2, -0.15) is 4.31 Å². The van der Waals surface area contributed by atoms with Crippen molar-refractivity contribution in [2.75, 3.05) is 26.7 Å². The highest BCUT2D eigenvalue weighted by Gasteiger charge is 2.40. The molecule has 2 amide bonds. The summed E-state index contributed by atoms with van der Waals surface area (Å²) < 4.78 is 37.7. The van der Waals surface area contributed by atoms with E-state index in [0.29, 0.717) is 37.2 Å². The molecule has 0 radical (unpaired) electrons. The van der Waals surface area contributed by atoms with Gasteiger partial charge in [0.05, 0.1) is 12.0 Å². The summed E-state index contributed by atoms with van der Waals surface area (Å²) in [6.07, 6.45) is 2.38. The Hall–Kier alpha value is -3.64. The quantitative estimate of drug-likeness (QED) is 0.480. The molecule has 0 aromatic heterocycles. The number of nitrogens with zero attached hydrogens (tertiary/aromatic N) is 2. The van der Waals surface area contributed by atoms with Crippen LogP contribution in [0.1, 0.15) is 31.2 Å². The van der Waals surface area contributed by atoms with E-state index in [-0.39, 0.29) is 23.6 Å². The van der Waals surface area contributed by atoms with Gasteiger partial charge in [-0.05, 0) is 67.6 Å². The first-order valence-electron chi connectivity index (χ1n) is 12.4. The predicted octanol–water partition coefficient (Wildman–Crippen LogP) is 2.04. The minimum atomic E-state index is -3.99. The van der Waals surface area contributed by atoms with Crippen LogP contribution in [0.2, 0.25) is 0 Å². The summed E-state index contributed by atoms with van der Waals surface area (Å²) in [6.45, 7) is 1.50. The largest absolute Gasteiger partial charge is 0.508 e. The maximum atomic E-state index is 13.2. The summed E-state index contributed by atoms with van der Waals surface area (Å²) in [5.74, 6) is -0.978. The number of amides is 2. The van der Waals surface area contributed by atoms with Gasteiger partial charge in [-0.1, -0.05) is 12.1 Å². The molecule has 2 fully saturated rings. The van der Waals surface area contributed by atoms with E-state index in [0.717, 1.165) is 17.1 Å². The standard InChI is InChI=1S/C26H31N3O8S/c1-36-25(32)22(17-18-6-10-20(11-7-18)37-26(33)28-14-2-3-15-28)27-24(31)23-5-4-16-29(23)38(34,35)21-12-8-19(30)9-13-21/h6-13,22-23,30H,2-5,14-17H2,1H3,(H,27,31). The van der Waals surface area contributed by atoms with Crippen LogP contribution in [-0.2, 0) is 30.8 Å². The van der Waals surface area contributed by atoms with Gasteiger partial charge in [-0.15, -0.1) is 0 Å². The molecule has 2 heterocycles. The molecule has 2 aromatic carbocycles. The van der Waals surface area contributed by atoms with Crippen LogP contribution < -0.4 is 10.1 Å². The molecular weight excluding hydrogens is 514 g/mol. The third-order valence-electron chi connectivity index (χ3n) is 6.68. The lowest BCUT2D eigenvalue weighted by molar-refractivity contribution is -0.145. The van der Waals surface area contributed by atoms with Gasteiger partial charge in [0.1, 0.15) is 23.6 Å². The molecule has 0 saturated carbocycles. The number of esters is 1. The topological polar surface area (TPSA) is 143 Å². The molecule has 2 unspecified atom stereocenters. The summed E-state index contributed by atoms with van der Waals surface area (Å²) in [5.41, 5.74) is 0.682. The zero-order chi connectivity index (χ0) is 27.3. The van der Waals surface area contributed by atoms with E-state index < -0.39 is 40.1 Å². The molecule has 2 aliphatic rings. The number of ether oxygens (including phenoxy) is 2. The maximum Gasteiger partial charge on any atom is 0.415 e. The summed E-state index contributed by atoms with van der Waals surface area (Å²) in [7, 11) is -2.78. The number of hydrogen-bond donors (Lipinski definition) is 2. The molecule has 2 atom stereocenters. The molecule has 2 aliphatic heterocycles. The van der Waals surface area contributed by atoms with E-state index >= 15 is 0 Å². The maximum absolute atomic E-state index is 13.2. The van der Waals surface area contributed by atoms with Crippen LogP contribution in [0.25, 0.3) is 0 Å². The number of sulfonamides is 1. The Morgan fingerprint density at radius 3 is 2.29 bits per heavy atom. The lowest BCUT2D eigenvalue weighted by Crippen LogP contribution is -2.51. The minimum Gasteiger partial charge on any atom is -0.508 e. The average Bonchev–Trinajstić information content (AvgIpc) is 3.62. The van der Waals surface area contributed by atoms with Crippen molar-refractivity contribution in [2.45, 2.75) is 49.1 Å². The Kier molecular flexibility index (Phi) is 8.52. The second-order valence-electron chi connectivity index (χ2n) is 9.26. The SMILES string of the molecule is COC(=O)C(Cc1ccc(OC(=O)N2CCCC2)cc1)NC(=O)C1CCCN1S(=O)(=O)c1ccc(O)cc1. The number of phenols is 1. The summed E-state index contributed by atoms with van der Waals surface area (Å²) in [4.78, 5) is 39.5. The van der Waals surface area contributed by atoms with E-state index in [4.69, 9.17) is 9.47 Å². The van der Waals surface area contributed by atoms with Crippen molar-refractivity contribution in [1.82, 2.24) is 14.5 Å². The van der Waals surface area contributed by atoms with Crippen LogP contribution in [-0.4, -0.2) is 79.5 Å². The van der Waals surface area contributed by atoms with Crippen LogP contribution in [0, 0.1) is 0 Å². The number of benzene rings is 2. The van der Waals surface area contributed by atoms with Gasteiger partial charge in [-0.3, -0.25) is 4.79 Å². The van der Waals surface area contributed by atoms with E-state index in [2.05, 4.69) is 5.32 Å². The smallest absolute Gasteiger partial charge is 0.415 e. The van der Waals surface area contributed by atoms with Gasteiger partial charge in [0, 0.05) is 26.1 Å². The Bertz CT molecular complexity index is 1260. The second kappa shape index (κ2) is 11.8. The zero-order valence-corrected chi connectivity index (χ0v) is 21.9. The lowest BCUT2D eigenvalue weighted by atomic mass is 10.0. The molecule has 0 aliphatic carbocycles. The normalized spacial score (nSPS) is 18.7. The number of rotatable bonds is 8. The van der Waals surface area contributed by atoms with Crippen molar-refractivity contribution in [3.8, 4) is 11.5 Å². The Morgan fingerprint density at radius 1 is 1.00 bits per heavy atom. The molecule has 4 rings (SSSR count). The molecule has 2 aromatic rings. The Morgan fingerprint density at radius 2 is 1.66 bits per heavy atom. The molecule has 38 heavy (non-hydrogen) atoms. The van der Waals surface area contributed by atoms with Crippen molar-refractivity contribution in [3.63, 3.8) is 0 Å². The van der Waals surface area contributed by atoms with Gasteiger partial charge >= 0.3 is 12.1 Å². The first-order valence-corrected chi connectivity index (χ1v) is 13.9. The minimum absolute atomic E-state index is 0.0370. The monoisotopic (exact) mass is 545 g/mol. The summed E-state index contributed by atoms with van der Waals surface area (Å²) >= 11 is 0. The van der Waals surface area contributed by atoms with Crippen LogP contribution in [0.5, 0.6) is 11.5 Å². The van der Waals surface area contributed by atoms with Crippen LogP contribution >= 0.6 is 0 Å². The molecule has 2 saturated heterocycles. The van der Waals surface area contributed by atoms with Gasteiger partial charge < -0.3 is 24.8 Å². The third-order valence-corrected chi connectivity index (χ3v) is 8.61. The fourth-order valence-corrected chi connectivity index (χ4v) is 6.30. The van der Waals surface area contributed by atoms with Crippen molar-refractivity contribution in [2.24, 2.45) is 0 Å². The zero-order valence-electron chi connectivity index (χ0n) is 21.0. The fraction of sp³-hybridized carbons (Fsp3) is 0.423. The van der Waals surface area contributed by atoms with Crippen molar-refractivity contribution in [3.05, 3.63) is 54.1 Å². The van der Waals surface area contributed by atoms with Crippen LogP contribution in [0.4, 0.5) is 4.79 Å².